The fourth-order valence-corrected chi connectivity index (χ4v) is 1.84. The molecule has 0 radical (unpaired) electrons. The average molecular weight is 222 g/mol. The molecule has 1 N–H and O–H groups in total. The number of methoxy groups -OCH3 is 1. The molecule has 0 bridgehead atoms. The number of aliphatic hydroxyl groups excluding tert-OH is 1. The van der Waals surface area contributed by atoms with Gasteiger partial charge in [-0.2, -0.15) is 0 Å². The SMILES string of the molecule is COCCCC(O)C(C)(C)c1ccccc1. The van der Waals surface area contributed by atoms with Gasteiger partial charge in [-0.1, -0.05) is 44.2 Å². The van der Waals surface area contributed by atoms with Gasteiger partial charge in [0, 0.05) is 19.1 Å². The Balaban J connectivity index is 2.62. The Morgan fingerprint density at radius 3 is 2.44 bits per heavy atom. The lowest BCUT2D eigenvalue weighted by atomic mass is 9.78. The van der Waals surface area contributed by atoms with Crippen LogP contribution in [0.25, 0.3) is 0 Å². The van der Waals surface area contributed by atoms with Gasteiger partial charge in [0.1, 0.15) is 0 Å². The zero-order valence-corrected chi connectivity index (χ0v) is 10.4. The van der Waals surface area contributed by atoms with Crippen LogP contribution in [-0.2, 0) is 10.2 Å². The highest BCUT2D eigenvalue weighted by molar-refractivity contribution is 5.24. The highest BCUT2D eigenvalue weighted by Crippen LogP contribution is 2.29. The van der Waals surface area contributed by atoms with Gasteiger partial charge in [0.25, 0.3) is 0 Å². The molecule has 1 aromatic carbocycles. The third kappa shape index (κ3) is 3.32. The van der Waals surface area contributed by atoms with Crippen molar-refractivity contribution in [3.63, 3.8) is 0 Å². The van der Waals surface area contributed by atoms with Crippen molar-refractivity contribution in [2.24, 2.45) is 0 Å². The van der Waals surface area contributed by atoms with E-state index in [1.54, 1.807) is 7.11 Å². The molecule has 2 nitrogen and oxygen atoms in total. The topological polar surface area (TPSA) is 29.5 Å². The van der Waals surface area contributed by atoms with Crippen molar-refractivity contribution in [1.29, 1.82) is 0 Å². The molecule has 16 heavy (non-hydrogen) atoms. The average Bonchev–Trinajstić information content (AvgIpc) is 2.30. The Kier molecular flexibility index (Phi) is 4.97. The lowest BCUT2D eigenvalue weighted by Crippen LogP contribution is -2.33. The van der Waals surface area contributed by atoms with Crippen LogP contribution in [0.3, 0.4) is 0 Å². The molecule has 0 aliphatic rings. The van der Waals surface area contributed by atoms with Gasteiger partial charge in [0.05, 0.1) is 6.10 Å². The second kappa shape index (κ2) is 6.02. The molecule has 1 rings (SSSR count). The Labute approximate surface area is 98.3 Å². The second-order valence-electron chi connectivity index (χ2n) is 4.74. The summed E-state index contributed by atoms with van der Waals surface area (Å²) < 4.78 is 5.00. The van der Waals surface area contributed by atoms with Gasteiger partial charge in [-0.3, -0.25) is 0 Å². The minimum absolute atomic E-state index is 0.199. The van der Waals surface area contributed by atoms with E-state index in [-0.39, 0.29) is 11.5 Å². The molecule has 2 heteroatoms. The van der Waals surface area contributed by atoms with Crippen LogP contribution in [0.2, 0.25) is 0 Å². The standard InChI is InChI=1S/C14H22O2/c1-14(2,12-8-5-4-6-9-12)13(15)10-7-11-16-3/h4-6,8-9,13,15H,7,10-11H2,1-3H3. The van der Waals surface area contributed by atoms with Crippen LogP contribution in [0, 0.1) is 0 Å². The van der Waals surface area contributed by atoms with Crippen molar-refractivity contribution in [3.05, 3.63) is 35.9 Å². The van der Waals surface area contributed by atoms with E-state index in [2.05, 4.69) is 26.0 Å². The Bertz CT molecular complexity index is 293. The van der Waals surface area contributed by atoms with E-state index in [9.17, 15) is 5.11 Å². The maximum absolute atomic E-state index is 10.2. The zero-order valence-electron chi connectivity index (χ0n) is 10.4. The van der Waals surface area contributed by atoms with Crippen LogP contribution in [0.15, 0.2) is 30.3 Å². The first kappa shape index (κ1) is 13.2. The maximum Gasteiger partial charge on any atom is 0.0632 e. The van der Waals surface area contributed by atoms with E-state index in [4.69, 9.17) is 4.74 Å². The van der Waals surface area contributed by atoms with Crippen molar-refractivity contribution < 1.29 is 9.84 Å². The number of aliphatic hydroxyl groups is 1. The number of rotatable bonds is 6. The molecule has 0 heterocycles. The highest BCUT2D eigenvalue weighted by atomic mass is 16.5. The van der Waals surface area contributed by atoms with E-state index < -0.39 is 0 Å². The number of benzene rings is 1. The fourth-order valence-electron chi connectivity index (χ4n) is 1.84. The van der Waals surface area contributed by atoms with Crippen molar-refractivity contribution in [1.82, 2.24) is 0 Å². The molecule has 0 saturated carbocycles. The van der Waals surface area contributed by atoms with Crippen LogP contribution < -0.4 is 0 Å². The predicted octanol–water partition coefficient (Wildman–Crippen LogP) is 2.75. The summed E-state index contributed by atoms with van der Waals surface area (Å²) in [7, 11) is 1.69. The van der Waals surface area contributed by atoms with Crippen molar-refractivity contribution in [2.75, 3.05) is 13.7 Å². The predicted molar refractivity (Wildman–Crippen MR) is 66.6 cm³/mol. The number of hydrogen-bond acceptors (Lipinski definition) is 2. The summed E-state index contributed by atoms with van der Waals surface area (Å²) in [6.45, 7) is 4.88. The summed E-state index contributed by atoms with van der Waals surface area (Å²) in [5, 5.41) is 10.2. The first-order valence-corrected chi connectivity index (χ1v) is 5.81. The summed E-state index contributed by atoms with van der Waals surface area (Å²) in [6.07, 6.45) is 1.34. The monoisotopic (exact) mass is 222 g/mol. The quantitative estimate of drug-likeness (QED) is 0.750. The van der Waals surface area contributed by atoms with Crippen LogP contribution >= 0.6 is 0 Å². The van der Waals surface area contributed by atoms with Crippen LogP contribution in [0.1, 0.15) is 32.3 Å². The number of hydrogen-bond donors (Lipinski definition) is 1. The Morgan fingerprint density at radius 1 is 1.25 bits per heavy atom. The van der Waals surface area contributed by atoms with Gasteiger partial charge in [-0.25, -0.2) is 0 Å². The molecule has 1 aromatic rings. The first-order valence-electron chi connectivity index (χ1n) is 5.81. The maximum atomic E-state index is 10.2. The smallest absolute Gasteiger partial charge is 0.0632 e. The van der Waals surface area contributed by atoms with E-state index in [0.717, 1.165) is 12.8 Å². The van der Waals surface area contributed by atoms with E-state index in [0.29, 0.717) is 6.61 Å². The lowest BCUT2D eigenvalue weighted by Gasteiger charge is -2.31. The third-order valence-electron chi connectivity index (χ3n) is 3.18. The molecule has 90 valence electrons. The van der Waals surface area contributed by atoms with Crippen molar-refractivity contribution in [2.45, 2.75) is 38.2 Å². The summed E-state index contributed by atoms with van der Waals surface area (Å²) >= 11 is 0. The van der Waals surface area contributed by atoms with E-state index >= 15 is 0 Å². The molecule has 0 aliphatic carbocycles. The Hall–Kier alpha value is -0.860. The van der Waals surface area contributed by atoms with Gasteiger partial charge in [0.2, 0.25) is 0 Å². The summed E-state index contributed by atoms with van der Waals surface area (Å²) in [5.74, 6) is 0. The van der Waals surface area contributed by atoms with Crippen LogP contribution in [-0.4, -0.2) is 24.9 Å². The van der Waals surface area contributed by atoms with Crippen molar-refractivity contribution in [3.8, 4) is 0 Å². The second-order valence-corrected chi connectivity index (χ2v) is 4.74. The molecule has 0 amide bonds. The third-order valence-corrected chi connectivity index (χ3v) is 3.18. The summed E-state index contributed by atoms with van der Waals surface area (Å²) in [5.41, 5.74) is 0.981. The Morgan fingerprint density at radius 2 is 1.88 bits per heavy atom. The number of ether oxygens (including phenoxy) is 1. The van der Waals surface area contributed by atoms with Gasteiger partial charge in [0.15, 0.2) is 0 Å². The fraction of sp³-hybridized carbons (Fsp3) is 0.571. The summed E-state index contributed by atoms with van der Waals surface area (Å²) in [4.78, 5) is 0. The molecule has 0 aromatic heterocycles. The molecule has 0 aliphatic heterocycles. The minimum atomic E-state index is -0.329. The van der Waals surface area contributed by atoms with Crippen LogP contribution in [0.5, 0.6) is 0 Å². The molecule has 0 spiro atoms. The zero-order chi connectivity index (χ0) is 12.0. The molecule has 0 saturated heterocycles. The van der Waals surface area contributed by atoms with Crippen molar-refractivity contribution >= 4 is 0 Å². The largest absolute Gasteiger partial charge is 0.392 e. The highest BCUT2D eigenvalue weighted by Gasteiger charge is 2.28. The van der Waals surface area contributed by atoms with Crippen LogP contribution in [0.4, 0.5) is 0 Å². The molecular weight excluding hydrogens is 200 g/mol. The van der Waals surface area contributed by atoms with E-state index in [1.807, 2.05) is 18.2 Å². The van der Waals surface area contributed by atoms with E-state index in [1.165, 1.54) is 5.56 Å². The molecule has 1 unspecified atom stereocenters. The minimum Gasteiger partial charge on any atom is -0.392 e. The van der Waals surface area contributed by atoms with Gasteiger partial charge in [-0.05, 0) is 18.4 Å². The molecule has 0 fully saturated rings. The molecular formula is C14H22O2. The van der Waals surface area contributed by atoms with Gasteiger partial charge < -0.3 is 9.84 Å². The normalized spacial score (nSPS) is 13.8. The summed E-state index contributed by atoms with van der Waals surface area (Å²) in [6, 6.07) is 10.2. The van der Waals surface area contributed by atoms with Gasteiger partial charge >= 0.3 is 0 Å². The van der Waals surface area contributed by atoms with Gasteiger partial charge in [-0.15, -0.1) is 0 Å². The molecule has 1 atom stereocenters. The first-order chi connectivity index (χ1) is 7.59. The lowest BCUT2D eigenvalue weighted by molar-refractivity contribution is 0.0785.